The smallest absolute Gasteiger partial charge is 0.265 e. The van der Waals surface area contributed by atoms with Gasteiger partial charge in [-0.1, -0.05) is 78.9 Å². The minimum atomic E-state index is -0.333. The molecule has 0 N–H and O–H groups in total. The van der Waals surface area contributed by atoms with Crippen LogP contribution < -0.4 is 9.80 Å². The van der Waals surface area contributed by atoms with Gasteiger partial charge in [-0.3, -0.25) is 9.59 Å². The summed E-state index contributed by atoms with van der Waals surface area (Å²) >= 11 is 0. The third-order valence-corrected chi connectivity index (χ3v) is 8.35. The Bertz CT molecular complexity index is 1960. The van der Waals surface area contributed by atoms with E-state index in [0.29, 0.717) is 28.6 Å². The summed E-state index contributed by atoms with van der Waals surface area (Å²) in [6.45, 7) is 0. The van der Waals surface area contributed by atoms with Gasteiger partial charge in [0.15, 0.2) is 0 Å². The Morgan fingerprint density at radius 1 is 0.556 bits per heavy atom. The molecule has 1 heterocycles. The number of anilines is 4. The van der Waals surface area contributed by atoms with Crippen molar-refractivity contribution in [2.24, 2.45) is 0 Å². The van der Waals surface area contributed by atoms with Crippen LogP contribution in [0.4, 0.5) is 22.7 Å². The maximum atomic E-state index is 13.8. The highest BCUT2D eigenvalue weighted by atomic mass is 16.2. The molecule has 1 aliphatic heterocycles. The third-order valence-electron chi connectivity index (χ3n) is 8.35. The molecule has 45 heavy (non-hydrogen) atoms. The SMILES string of the molecule is O=CCCCc1ccc(N2C(=O)c3cccc4c(-c5ccc(N(c6ccccc6)c6ccccc6)cc5)ccc(c34)C2=O)cc1. The zero-order chi connectivity index (χ0) is 30.8. The van der Waals surface area contributed by atoms with Gasteiger partial charge in [0.05, 0.1) is 5.69 Å². The fourth-order valence-electron chi connectivity index (χ4n) is 6.18. The van der Waals surface area contributed by atoms with Crippen LogP contribution in [0.3, 0.4) is 0 Å². The van der Waals surface area contributed by atoms with Crippen molar-refractivity contribution in [1.82, 2.24) is 0 Å². The first-order valence-electron chi connectivity index (χ1n) is 15.1. The molecule has 6 aromatic carbocycles. The zero-order valence-electron chi connectivity index (χ0n) is 24.6. The molecule has 2 amide bonds. The number of aldehydes is 1. The summed E-state index contributed by atoms with van der Waals surface area (Å²) in [7, 11) is 0. The fraction of sp³-hybridized carbons (Fsp3) is 0.0750. The number of hydrogen-bond donors (Lipinski definition) is 0. The Morgan fingerprint density at radius 2 is 1.13 bits per heavy atom. The summed E-state index contributed by atoms with van der Waals surface area (Å²) in [4.78, 5) is 41.8. The lowest BCUT2D eigenvalue weighted by Crippen LogP contribution is -2.40. The maximum absolute atomic E-state index is 13.8. The highest BCUT2D eigenvalue weighted by molar-refractivity contribution is 6.36. The van der Waals surface area contributed by atoms with E-state index in [9.17, 15) is 14.4 Å². The van der Waals surface area contributed by atoms with Crippen LogP contribution in [0.1, 0.15) is 39.1 Å². The zero-order valence-corrected chi connectivity index (χ0v) is 24.6. The number of nitrogens with zero attached hydrogens (tertiary/aromatic N) is 2. The Morgan fingerprint density at radius 3 is 1.76 bits per heavy atom. The van der Waals surface area contributed by atoms with Crippen LogP contribution >= 0.6 is 0 Å². The van der Waals surface area contributed by atoms with Gasteiger partial charge < -0.3 is 9.69 Å². The normalized spacial score (nSPS) is 12.4. The molecule has 0 fully saturated rings. The number of carbonyl (C=O) groups is 3. The molecule has 0 saturated carbocycles. The second-order valence-corrected chi connectivity index (χ2v) is 11.1. The van der Waals surface area contributed by atoms with Crippen LogP contribution in [0.15, 0.2) is 140 Å². The van der Waals surface area contributed by atoms with Crippen molar-refractivity contribution in [3.63, 3.8) is 0 Å². The van der Waals surface area contributed by atoms with Gasteiger partial charge in [0, 0.05) is 40.0 Å². The number of carbonyl (C=O) groups excluding carboxylic acids is 3. The second-order valence-electron chi connectivity index (χ2n) is 11.1. The fourth-order valence-corrected chi connectivity index (χ4v) is 6.18. The monoisotopic (exact) mass is 586 g/mol. The Balaban J connectivity index is 1.23. The van der Waals surface area contributed by atoms with Gasteiger partial charge in [0.25, 0.3) is 11.8 Å². The summed E-state index contributed by atoms with van der Waals surface area (Å²) in [5.41, 5.74) is 7.72. The highest BCUT2D eigenvalue weighted by Crippen LogP contribution is 2.40. The topological polar surface area (TPSA) is 57.7 Å². The number of amides is 2. The molecule has 5 heteroatoms. The molecule has 0 aliphatic carbocycles. The van der Waals surface area contributed by atoms with Crippen molar-refractivity contribution in [3.05, 3.63) is 156 Å². The van der Waals surface area contributed by atoms with E-state index >= 15 is 0 Å². The number of unbranched alkanes of at least 4 members (excludes halogenated alkanes) is 1. The largest absolute Gasteiger partial charge is 0.311 e. The molecule has 6 aromatic rings. The quantitative estimate of drug-likeness (QED) is 0.0962. The Labute approximate surface area is 262 Å². The lowest BCUT2D eigenvalue weighted by Gasteiger charge is -2.28. The van der Waals surface area contributed by atoms with Gasteiger partial charge in [-0.15, -0.1) is 0 Å². The van der Waals surface area contributed by atoms with Gasteiger partial charge in [-0.2, -0.15) is 0 Å². The third kappa shape index (κ3) is 5.19. The molecule has 0 radical (unpaired) electrons. The number of rotatable bonds is 9. The van der Waals surface area contributed by atoms with Gasteiger partial charge in [-0.05, 0) is 95.6 Å². The Hall–Kier alpha value is -5.81. The number of imide groups is 1. The van der Waals surface area contributed by atoms with Crippen LogP contribution in [0.5, 0.6) is 0 Å². The van der Waals surface area contributed by atoms with Crippen LogP contribution in [-0.2, 0) is 11.2 Å². The predicted molar refractivity (Wildman–Crippen MR) is 181 cm³/mol. The summed E-state index contributed by atoms with van der Waals surface area (Å²) in [6, 6.07) is 45.8. The summed E-state index contributed by atoms with van der Waals surface area (Å²) in [5, 5.41) is 1.55. The van der Waals surface area contributed by atoms with Crippen molar-refractivity contribution >= 4 is 51.6 Å². The average Bonchev–Trinajstić information content (AvgIpc) is 3.09. The molecule has 0 spiro atoms. The van der Waals surface area contributed by atoms with Crippen molar-refractivity contribution in [1.29, 1.82) is 0 Å². The van der Waals surface area contributed by atoms with Crippen molar-refractivity contribution in [2.45, 2.75) is 19.3 Å². The maximum Gasteiger partial charge on any atom is 0.265 e. The van der Waals surface area contributed by atoms with E-state index in [0.717, 1.165) is 58.3 Å². The molecular formula is C40H30N2O3. The molecule has 0 atom stereocenters. The van der Waals surface area contributed by atoms with Gasteiger partial charge in [0.2, 0.25) is 0 Å². The van der Waals surface area contributed by atoms with E-state index in [-0.39, 0.29) is 11.8 Å². The van der Waals surface area contributed by atoms with Crippen LogP contribution in [0, 0.1) is 0 Å². The summed E-state index contributed by atoms with van der Waals surface area (Å²) in [5.74, 6) is -0.665. The molecule has 0 unspecified atom stereocenters. The number of benzene rings is 6. The van der Waals surface area contributed by atoms with E-state index < -0.39 is 0 Å². The Kier molecular flexibility index (Phi) is 7.50. The van der Waals surface area contributed by atoms with E-state index in [1.807, 2.05) is 72.8 Å². The minimum Gasteiger partial charge on any atom is -0.311 e. The van der Waals surface area contributed by atoms with Crippen LogP contribution in [-0.4, -0.2) is 18.1 Å². The minimum absolute atomic E-state index is 0.333. The van der Waals surface area contributed by atoms with Crippen LogP contribution in [0.25, 0.3) is 21.9 Å². The second kappa shape index (κ2) is 12.1. The van der Waals surface area contributed by atoms with Crippen molar-refractivity contribution < 1.29 is 14.4 Å². The molecule has 0 bridgehead atoms. The molecule has 0 saturated heterocycles. The van der Waals surface area contributed by atoms with Gasteiger partial charge >= 0.3 is 0 Å². The molecular weight excluding hydrogens is 556 g/mol. The lowest BCUT2D eigenvalue weighted by molar-refractivity contribution is -0.107. The molecule has 0 aromatic heterocycles. The summed E-state index contributed by atoms with van der Waals surface area (Å²) in [6.07, 6.45) is 2.97. The first-order chi connectivity index (χ1) is 22.1. The van der Waals surface area contributed by atoms with Crippen molar-refractivity contribution in [2.75, 3.05) is 9.80 Å². The van der Waals surface area contributed by atoms with Gasteiger partial charge in [0.1, 0.15) is 6.29 Å². The average molecular weight is 587 g/mol. The highest BCUT2D eigenvalue weighted by Gasteiger charge is 2.34. The van der Waals surface area contributed by atoms with E-state index in [4.69, 9.17) is 0 Å². The predicted octanol–water partition coefficient (Wildman–Crippen LogP) is 9.30. The lowest BCUT2D eigenvalue weighted by atomic mass is 9.89. The van der Waals surface area contributed by atoms with Crippen LogP contribution in [0.2, 0.25) is 0 Å². The van der Waals surface area contributed by atoms with E-state index in [2.05, 4.69) is 53.4 Å². The first kappa shape index (κ1) is 28.0. The molecule has 1 aliphatic rings. The number of hydrogen-bond acceptors (Lipinski definition) is 4. The van der Waals surface area contributed by atoms with Gasteiger partial charge in [-0.25, -0.2) is 4.90 Å². The first-order valence-corrected chi connectivity index (χ1v) is 15.1. The number of aryl methyl sites for hydroxylation is 1. The van der Waals surface area contributed by atoms with Crippen molar-refractivity contribution in [3.8, 4) is 11.1 Å². The molecule has 7 rings (SSSR count). The molecule has 5 nitrogen and oxygen atoms in total. The number of para-hydroxylation sites is 2. The van der Waals surface area contributed by atoms with E-state index in [1.165, 1.54) is 4.90 Å². The standard InChI is InChI=1S/C40H30N2O3/c43-27-8-7-10-28-17-21-33(22-18-28)42-39(44)36-16-9-15-35-34(25-26-37(38(35)36)40(42)45)29-19-23-32(24-20-29)41(30-11-3-1-4-12-30)31-13-5-2-6-14-31/h1-6,9,11-27H,7-8,10H2. The molecule has 218 valence electrons. The van der Waals surface area contributed by atoms with E-state index in [1.54, 1.807) is 18.2 Å². The summed E-state index contributed by atoms with van der Waals surface area (Å²) < 4.78 is 0.